The third kappa shape index (κ3) is 4.59. The second kappa shape index (κ2) is 7.81. The highest BCUT2D eigenvalue weighted by molar-refractivity contribution is 5.40. The largest absolute Gasteiger partial charge is 0.457 e. The van der Waals surface area contributed by atoms with E-state index in [1.54, 1.807) is 0 Å². The molecule has 0 aromatic heterocycles. The lowest BCUT2D eigenvalue weighted by atomic mass is 10.1. The molecule has 0 spiro atoms. The van der Waals surface area contributed by atoms with Crippen LogP contribution in [-0.2, 0) is 13.2 Å². The van der Waals surface area contributed by atoms with Gasteiger partial charge in [-0.1, -0.05) is 31.2 Å². The van der Waals surface area contributed by atoms with Crippen molar-refractivity contribution in [3.63, 3.8) is 0 Å². The molecule has 0 radical (unpaired) electrons. The molecule has 0 saturated heterocycles. The summed E-state index contributed by atoms with van der Waals surface area (Å²) in [6.07, 6.45) is 1.14. The van der Waals surface area contributed by atoms with Crippen LogP contribution in [0.2, 0.25) is 0 Å². The van der Waals surface area contributed by atoms with Crippen LogP contribution in [0.25, 0.3) is 0 Å². The minimum atomic E-state index is 0.0543. The summed E-state index contributed by atoms with van der Waals surface area (Å²) in [5, 5.41) is 12.4. The Kier molecular flexibility index (Phi) is 5.78. The molecular weight excluding hydrogens is 262 g/mol. The zero-order valence-electron chi connectivity index (χ0n) is 12.7. The zero-order valence-corrected chi connectivity index (χ0v) is 12.7. The van der Waals surface area contributed by atoms with Gasteiger partial charge in [0.2, 0.25) is 0 Å². The van der Waals surface area contributed by atoms with Crippen molar-refractivity contribution in [2.24, 2.45) is 0 Å². The van der Waals surface area contributed by atoms with E-state index in [4.69, 9.17) is 9.84 Å². The van der Waals surface area contributed by atoms with Crippen LogP contribution in [-0.4, -0.2) is 11.7 Å². The van der Waals surface area contributed by atoms with Crippen LogP contribution in [0.15, 0.2) is 42.5 Å². The summed E-state index contributed by atoms with van der Waals surface area (Å²) < 4.78 is 5.89. The normalized spacial score (nSPS) is 10.6. The number of aliphatic hydroxyl groups is 1. The number of hydrogen-bond donors (Lipinski definition) is 2. The zero-order chi connectivity index (χ0) is 15.1. The summed E-state index contributed by atoms with van der Waals surface area (Å²) in [7, 11) is 0. The molecular formula is C18H23NO2. The Balaban J connectivity index is 2.02. The molecule has 3 heteroatoms. The van der Waals surface area contributed by atoms with Gasteiger partial charge >= 0.3 is 0 Å². The Morgan fingerprint density at radius 2 is 1.76 bits per heavy atom. The van der Waals surface area contributed by atoms with Crippen molar-refractivity contribution < 1.29 is 9.84 Å². The topological polar surface area (TPSA) is 41.5 Å². The number of benzene rings is 2. The molecule has 0 aliphatic carbocycles. The van der Waals surface area contributed by atoms with E-state index in [-0.39, 0.29) is 6.61 Å². The van der Waals surface area contributed by atoms with Gasteiger partial charge in [0.05, 0.1) is 6.61 Å². The van der Waals surface area contributed by atoms with Crippen molar-refractivity contribution in [2.45, 2.75) is 33.4 Å². The van der Waals surface area contributed by atoms with Gasteiger partial charge in [-0.15, -0.1) is 0 Å². The van der Waals surface area contributed by atoms with E-state index in [2.05, 4.69) is 31.3 Å². The van der Waals surface area contributed by atoms with E-state index in [9.17, 15) is 0 Å². The number of hydrogen-bond acceptors (Lipinski definition) is 3. The fourth-order valence-electron chi connectivity index (χ4n) is 2.14. The minimum Gasteiger partial charge on any atom is -0.457 e. The Morgan fingerprint density at radius 1 is 1.05 bits per heavy atom. The summed E-state index contributed by atoms with van der Waals surface area (Å²) in [5.41, 5.74) is 3.28. The van der Waals surface area contributed by atoms with Gasteiger partial charge in [0, 0.05) is 6.54 Å². The lowest BCUT2D eigenvalue weighted by Crippen LogP contribution is -2.13. The van der Waals surface area contributed by atoms with E-state index in [0.717, 1.165) is 42.1 Å². The average Bonchev–Trinajstić information content (AvgIpc) is 2.51. The first kappa shape index (κ1) is 15.5. The number of aryl methyl sites for hydroxylation is 1. The van der Waals surface area contributed by atoms with Crippen molar-refractivity contribution in [1.29, 1.82) is 0 Å². The smallest absolute Gasteiger partial charge is 0.130 e. The van der Waals surface area contributed by atoms with E-state index in [1.807, 2.05) is 30.3 Å². The first-order chi connectivity index (χ1) is 10.2. The van der Waals surface area contributed by atoms with Crippen LogP contribution in [0, 0.1) is 6.92 Å². The van der Waals surface area contributed by atoms with Gasteiger partial charge in [-0.25, -0.2) is 0 Å². The summed E-state index contributed by atoms with van der Waals surface area (Å²) in [4.78, 5) is 0. The van der Waals surface area contributed by atoms with Crippen LogP contribution in [0.5, 0.6) is 11.5 Å². The second-order valence-corrected chi connectivity index (χ2v) is 5.18. The van der Waals surface area contributed by atoms with Gasteiger partial charge in [0.15, 0.2) is 0 Å². The van der Waals surface area contributed by atoms with E-state index in [0.29, 0.717) is 0 Å². The molecule has 2 aromatic carbocycles. The molecule has 2 N–H and O–H groups in total. The number of aliphatic hydroxyl groups excluding tert-OH is 1. The maximum atomic E-state index is 9.03. The van der Waals surface area contributed by atoms with Gasteiger partial charge in [-0.3, -0.25) is 0 Å². The van der Waals surface area contributed by atoms with Gasteiger partial charge < -0.3 is 15.2 Å². The Hall–Kier alpha value is -1.84. The summed E-state index contributed by atoms with van der Waals surface area (Å²) in [6, 6.07) is 13.7. The Morgan fingerprint density at radius 3 is 2.38 bits per heavy atom. The molecule has 3 nitrogen and oxygen atoms in total. The average molecular weight is 285 g/mol. The first-order valence-electron chi connectivity index (χ1n) is 7.41. The molecule has 0 saturated carbocycles. The summed E-state index contributed by atoms with van der Waals surface area (Å²) in [5.74, 6) is 1.65. The standard InChI is InChI=1S/C18H23NO2/c1-3-10-19-12-16-6-9-18(14(2)11-16)21-17-7-4-15(13-20)5-8-17/h4-9,11,19-20H,3,10,12-13H2,1-2H3. The molecule has 0 unspecified atom stereocenters. The van der Waals surface area contributed by atoms with Crippen LogP contribution >= 0.6 is 0 Å². The Bertz CT molecular complexity index is 564. The van der Waals surface area contributed by atoms with Gasteiger partial charge in [0.1, 0.15) is 11.5 Å². The molecule has 0 atom stereocenters. The van der Waals surface area contributed by atoms with Crippen molar-refractivity contribution in [3.8, 4) is 11.5 Å². The van der Waals surface area contributed by atoms with Crippen LogP contribution in [0.4, 0.5) is 0 Å². The molecule has 0 fully saturated rings. The van der Waals surface area contributed by atoms with Crippen molar-refractivity contribution in [3.05, 3.63) is 59.2 Å². The molecule has 0 bridgehead atoms. The third-order valence-electron chi connectivity index (χ3n) is 3.33. The minimum absolute atomic E-state index is 0.0543. The highest BCUT2D eigenvalue weighted by Crippen LogP contribution is 2.26. The molecule has 112 valence electrons. The molecule has 0 aliphatic heterocycles. The SMILES string of the molecule is CCCNCc1ccc(Oc2ccc(CO)cc2)c(C)c1. The van der Waals surface area contributed by atoms with E-state index < -0.39 is 0 Å². The molecule has 21 heavy (non-hydrogen) atoms. The van der Waals surface area contributed by atoms with E-state index >= 15 is 0 Å². The number of rotatable bonds is 7. The van der Waals surface area contributed by atoms with Crippen molar-refractivity contribution in [1.82, 2.24) is 5.32 Å². The molecule has 0 aliphatic rings. The highest BCUT2D eigenvalue weighted by Gasteiger charge is 2.03. The van der Waals surface area contributed by atoms with Crippen LogP contribution in [0.1, 0.15) is 30.0 Å². The van der Waals surface area contributed by atoms with Gasteiger partial charge in [-0.05, 0) is 54.8 Å². The predicted molar refractivity (Wildman–Crippen MR) is 85.6 cm³/mol. The highest BCUT2D eigenvalue weighted by atomic mass is 16.5. The quantitative estimate of drug-likeness (QED) is 0.761. The van der Waals surface area contributed by atoms with Crippen LogP contribution < -0.4 is 10.1 Å². The Labute approximate surface area is 126 Å². The first-order valence-corrected chi connectivity index (χ1v) is 7.41. The molecule has 2 aromatic rings. The summed E-state index contributed by atoms with van der Waals surface area (Å²) >= 11 is 0. The molecule has 0 heterocycles. The van der Waals surface area contributed by atoms with Crippen LogP contribution in [0.3, 0.4) is 0 Å². The predicted octanol–water partition coefficient (Wildman–Crippen LogP) is 3.78. The monoisotopic (exact) mass is 285 g/mol. The maximum Gasteiger partial charge on any atom is 0.130 e. The lowest BCUT2D eigenvalue weighted by molar-refractivity contribution is 0.281. The molecule has 2 rings (SSSR count). The van der Waals surface area contributed by atoms with Crippen molar-refractivity contribution in [2.75, 3.05) is 6.54 Å². The molecule has 0 amide bonds. The van der Waals surface area contributed by atoms with E-state index in [1.165, 1.54) is 5.56 Å². The van der Waals surface area contributed by atoms with Gasteiger partial charge in [0.25, 0.3) is 0 Å². The number of nitrogens with one attached hydrogen (secondary N) is 1. The van der Waals surface area contributed by atoms with Crippen molar-refractivity contribution >= 4 is 0 Å². The lowest BCUT2D eigenvalue weighted by Gasteiger charge is -2.11. The maximum absolute atomic E-state index is 9.03. The summed E-state index contributed by atoms with van der Waals surface area (Å²) in [6.45, 7) is 6.20. The second-order valence-electron chi connectivity index (χ2n) is 5.18. The fraction of sp³-hybridized carbons (Fsp3) is 0.333. The third-order valence-corrected chi connectivity index (χ3v) is 3.33. The van der Waals surface area contributed by atoms with Gasteiger partial charge in [-0.2, -0.15) is 0 Å². The number of ether oxygens (including phenoxy) is 1. The fourth-order valence-corrected chi connectivity index (χ4v) is 2.14.